The average Bonchev–Trinajstić information content (AvgIpc) is 3.20. The number of methoxy groups -OCH3 is 1. The van der Waals surface area contributed by atoms with Crippen LogP contribution in [-0.4, -0.2) is 37.6 Å². The van der Waals surface area contributed by atoms with Gasteiger partial charge in [0.1, 0.15) is 18.6 Å². The Hall–Kier alpha value is -4.22. The first kappa shape index (κ1) is 21.0. The molecule has 4 rings (SSSR count). The molecule has 0 radical (unpaired) electrons. The molecule has 0 fully saturated rings. The summed E-state index contributed by atoms with van der Waals surface area (Å²) in [4.78, 5) is 29.1. The second-order valence-corrected chi connectivity index (χ2v) is 6.67. The molecule has 1 amide bonds. The lowest BCUT2D eigenvalue weighted by atomic mass is 10.2. The average molecular weight is 444 g/mol. The maximum absolute atomic E-state index is 12.7. The number of anilines is 1. The molecule has 32 heavy (non-hydrogen) atoms. The lowest BCUT2D eigenvalue weighted by molar-refractivity contribution is -0.137. The summed E-state index contributed by atoms with van der Waals surface area (Å²) in [5.74, 6) is 0.0306. The molecular weight excluding hydrogens is 429 g/mol. The van der Waals surface area contributed by atoms with E-state index in [0.717, 1.165) is 28.8 Å². The summed E-state index contributed by atoms with van der Waals surface area (Å²) in [6.07, 6.45) is -3.29. The summed E-state index contributed by atoms with van der Waals surface area (Å²) in [7, 11) is 1.54. The highest BCUT2D eigenvalue weighted by Gasteiger charge is 2.30. The van der Waals surface area contributed by atoms with Gasteiger partial charge in [0.15, 0.2) is 11.2 Å². The van der Waals surface area contributed by atoms with E-state index >= 15 is 0 Å². The number of alkyl halides is 3. The van der Waals surface area contributed by atoms with Gasteiger partial charge in [-0.2, -0.15) is 17.9 Å². The summed E-state index contributed by atoms with van der Waals surface area (Å²) in [5, 5.41) is 10.3. The highest BCUT2D eigenvalue weighted by Crippen LogP contribution is 2.29. The van der Waals surface area contributed by atoms with Crippen molar-refractivity contribution >= 4 is 22.8 Å². The molecule has 0 saturated heterocycles. The zero-order valence-corrected chi connectivity index (χ0v) is 16.5. The molecule has 2 heterocycles. The third-order valence-electron chi connectivity index (χ3n) is 4.56. The highest BCUT2D eigenvalue weighted by molar-refractivity contribution is 5.90. The number of carbonyl (C=O) groups excluding carboxylic acids is 1. The largest absolute Gasteiger partial charge is 0.497 e. The van der Waals surface area contributed by atoms with Gasteiger partial charge in [0.25, 0.3) is 5.56 Å². The first-order valence-corrected chi connectivity index (χ1v) is 9.18. The Balaban J connectivity index is 1.53. The van der Waals surface area contributed by atoms with E-state index in [4.69, 9.17) is 4.74 Å². The van der Waals surface area contributed by atoms with E-state index in [9.17, 15) is 22.8 Å². The van der Waals surface area contributed by atoms with E-state index < -0.39 is 29.8 Å². The molecule has 12 heteroatoms. The number of rotatable bonds is 5. The standard InChI is InChI=1S/C20H15F3N6O3/c1-32-15-8-6-14(7-9-15)29-18-17(26-27-29)19(31)28(11-24-18)10-16(30)25-13-4-2-12(3-5-13)20(21,22)23/h2-9,11H,10H2,1H3,(H,25,30). The lowest BCUT2D eigenvalue weighted by Gasteiger charge is -2.09. The number of amides is 1. The van der Waals surface area contributed by atoms with Crippen molar-refractivity contribution in [2.75, 3.05) is 12.4 Å². The lowest BCUT2D eigenvalue weighted by Crippen LogP contribution is -2.28. The summed E-state index contributed by atoms with van der Waals surface area (Å²) >= 11 is 0. The smallest absolute Gasteiger partial charge is 0.416 e. The number of benzene rings is 2. The minimum atomic E-state index is -4.47. The molecule has 9 nitrogen and oxygen atoms in total. The van der Waals surface area contributed by atoms with Crippen LogP contribution in [-0.2, 0) is 17.5 Å². The van der Waals surface area contributed by atoms with Crippen LogP contribution in [0.4, 0.5) is 18.9 Å². The van der Waals surface area contributed by atoms with Crippen molar-refractivity contribution in [2.45, 2.75) is 12.7 Å². The molecule has 0 atom stereocenters. The van der Waals surface area contributed by atoms with Gasteiger partial charge in [0.05, 0.1) is 18.4 Å². The number of hydrogen-bond acceptors (Lipinski definition) is 6. The second-order valence-electron chi connectivity index (χ2n) is 6.67. The SMILES string of the molecule is COc1ccc(-n2nnc3c(=O)n(CC(=O)Nc4ccc(C(F)(F)F)cc4)cnc32)cc1. The Labute approximate surface area is 178 Å². The zero-order valence-electron chi connectivity index (χ0n) is 16.5. The molecule has 0 spiro atoms. The number of halogens is 3. The maximum atomic E-state index is 12.7. The van der Waals surface area contributed by atoms with Crippen LogP contribution in [0.2, 0.25) is 0 Å². The van der Waals surface area contributed by atoms with Crippen LogP contribution in [0, 0.1) is 0 Å². The summed E-state index contributed by atoms with van der Waals surface area (Å²) in [5.41, 5.74) is -0.475. The highest BCUT2D eigenvalue weighted by atomic mass is 19.4. The monoisotopic (exact) mass is 444 g/mol. The fourth-order valence-corrected chi connectivity index (χ4v) is 2.95. The minimum absolute atomic E-state index is 0.0364. The van der Waals surface area contributed by atoms with Gasteiger partial charge >= 0.3 is 6.18 Å². The van der Waals surface area contributed by atoms with Crippen LogP contribution >= 0.6 is 0 Å². The number of aromatic nitrogens is 5. The molecule has 0 saturated carbocycles. The third kappa shape index (κ3) is 4.15. The first-order chi connectivity index (χ1) is 15.3. The van der Waals surface area contributed by atoms with Gasteiger partial charge in [-0.05, 0) is 48.5 Å². The van der Waals surface area contributed by atoms with Crippen LogP contribution in [0.3, 0.4) is 0 Å². The molecule has 0 aliphatic rings. The van der Waals surface area contributed by atoms with Crippen LogP contribution in [0.25, 0.3) is 16.9 Å². The van der Waals surface area contributed by atoms with Gasteiger partial charge < -0.3 is 10.1 Å². The number of carbonyl (C=O) groups is 1. The third-order valence-corrected chi connectivity index (χ3v) is 4.56. The van der Waals surface area contributed by atoms with E-state index in [0.29, 0.717) is 11.4 Å². The number of hydrogen-bond donors (Lipinski definition) is 1. The van der Waals surface area contributed by atoms with Gasteiger partial charge in [-0.25, -0.2) is 4.98 Å². The zero-order chi connectivity index (χ0) is 22.9. The Kier molecular flexibility index (Phi) is 5.34. The predicted octanol–water partition coefficient (Wildman–Crippen LogP) is 2.64. The van der Waals surface area contributed by atoms with Crippen LogP contribution in [0.15, 0.2) is 59.7 Å². The molecule has 2 aromatic carbocycles. The quantitative estimate of drug-likeness (QED) is 0.508. The maximum Gasteiger partial charge on any atom is 0.416 e. The van der Waals surface area contributed by atoms with Crippen molar-refractivity contribution in [1.82, 2.24) is 24.5 Å². The van der Waals surface area contributed by atoms with Gasteiger partial charge in [-0.1, -0.05) is 5.21 Å². The molecular formula is C20H15F3N6O3. The van der Waals surface area contributed by atoms with Crippen LogP contribution < -0.4 is 15.6 Å². The topological polar surface area (TPSA) is 104 Å². The van der Waals surface area contributed by atoms with Gasteiger partial charge in [-0.3, -0.25) is 14.2 Å². The van der Waals surface area contributed by atoms with Crippen molar-refractivity contribution in [1.29, 1.82) is 0 Å². The summed E-state index contributed by atoms with van der Waals surface area (Å²) < 4.78 is 45.4. The number of nitrogens with one attached hydrogen (secondary N) is 1. The van der Waals surface area contributed by atoms with E-state index in [2.05, 4.69) is 20.6 Å². The van der Waals surface area contributed by atoms with E-state index in [-0.39, 0.29) is 16.9 Å². The summed E-state index contributed by atoms with van der Waals surface area (Å²) in [6, 6.07) is 10.8. The van der Waals surface area contributed by atoms with E-state index in [1.54, 1.807) is 24.3 Å². The Morgan fingerprint density at radius 2 is 1.78 bits per heavy atom. The Morgan fingerprint density at radius 1 is 1.09 bits per heavy atom. The molecule has 4 aromatic rings. The van der Waals surface area contributed by atoms with Gasteiger partial charge in [0, 0.05) is 5.69 Å². The molecule has 1 N–H and O–H groups in total. The van der Waals surface area contributed by atoms with Gasteiger partial charge in [-0.15, -0.1) is 5.10 Å². The van der Waals surface area contributed by atoms with Gasteiger partial charge in [0.2, 0.25) is 5.91 Å². The molecule has 164 valence electrons. The van der Waals surface area contributed by atoms with Crippen LogP contribution in [0.1, 0.15) is 5.56 Å². The fourth-order valence-electron chi connectivity index (χ4n) is 2.95. The number of nitrogens with zero attached hydrogens (tertiary/aromatic N) is 5. The second kappa shape index (κ2) is 8.13. The van der Waals surface area contributed by atoms with Crippen molar-refractivity contribution < 1.29 is 22.7 Å². The van der Waals surface area contributed by atoms with Crippen molar-refractivity contribution in [3.8, 4) is 11.4 Å². The van der Waals surface area contributed by atoms with Crippen molar-refractivity contribution in [3.63, 3.8) is 0 Å². The number of fused-ring (bicyclic) bond motifs is 1. The molecule has 0 bridgehead atoms. The first-order valence-electron chi connectivity index (χ1n) is 9.18. The van der Waals surface area contributed by atoms with E-state index in [1.807, 2.05) is 0 Å². The fraction of sp³-hybridized carbons (Fsp3) is 0.150. The van der Waals surface area contributed by atoms with Crippen molar-refractivity contribution in [2.24, 2.45) is 0 Å². The minimum Gasteiger partial charge on any atom is -0.497 e. The predicted molar refractivity (Wildman–Crippen MR) is 108 cm³/mol. The molecule has 0 unspecified atom stereocenters. The Bertz CT molecular complexity index is 1330. The molecule has 0 aliphatic carbocycles. The van der Waals surface area contributed by atoms with Crippen molar-refractivity contribution in [3.05, 3.63) is 70.8 Å². The normalized spacial score (nSPS) is 11.5. The Morgan fingerprint density at radius 3 is 2.41 bits per heavy atom. The molecule has 0 aliphatic heterocycles. The molecule has 2 aromatic heterocycles. The van der Waals surface area contributed by atoms with E-state index in [1.165, 1.54) is 18.1 Å². The van der Waals surface area contributed by atoms with Crippen LogP contribution in [0.5, 0.6) is 5.75 Å². The number of ether oxygens (including phenoxy) is 1. The summed E-state index contributed by atoms with van der Waals surface area (Å²) in [6.45, 7) is -0.405.